The first-order valence-electron chi connectivity index (χ1n) is 4.94. The average Bonchev–Trinajstić information content (AvgIpc) is 2.08. The maximum Gasteiger partial charge on any atom is 0.125 e. The van der Waals surface area contributed by atoms with Gasteiger partial charge in [-0.2, -0.15) is 0 Å². The van der Waals surface area contributed by atoms with Gasteiger partial charge in [0, 0.05) is 6.54 Å². The van der Waals surface area contributed by atoms with Crippen LogP contribution in [0.1, 0.15) is 19.3 Å². The van der Waals surface area contributed by atoms with Gasteiger partial charge in [-0.1, -0.05) is 18.0 Å². The van der Waals surface area contributed by atoms with Crippen LogP contribution in [0.15, 0.2) is 18.2 Å². The van der Waals surface area contributed by atoms with E-state index in [-0.39, 0.29) is 5.82 Å². The van der Waals surface area contributed by atoms with Crippen molar-refractivity contribution in [3.05, 3.63) is 29.0 Å². The second-order valence-electron chi connectivity index (χ2n) is 3.80. The van der Waals surface area contributed by atoms with Crippen LogP contribution in [0.5, 0.6) is 0 Å². The summed E-state index contributed by atoms with van der Waals surface area (Å²) in [5.41, 5.74) is 0.707. The average molecular weight is 214 g/mol. The van der Waals surface area contributed by atoms with E-state index in [1.165, 1.54) is 31.4 Å². The molecule has 0 atom stereocenters. The lowest BCUT2D eigenvalue weighted by molar-refractivity contribution is 0.333. The summed E-state index contributed by atoms with van der Waals surface area (Å²) in [6, 6.07) is 4.40. The van der Waals surface area contributed by atoms with Crippen LogP contribution in [-0.2, 0) is 0 Å². The fourth-order valence-corrected chi connectivity index (χ4v) is 1.77. The van der Waals surface area contributed by atoms with Gasteiger partial charge in [0.1, 0.15) is 5.82 Å². The van der Waals surface area contributed by atoms with E-state index in [0.717, 1.165) is 12.5 Å². The van der Waals surface area contributed by atoms with Crippen molar-refractivity contribution in [1.82, 2.24) is 0 Å². The molecule has 1 fully saturated rings. The lowest BCUT2D eigenvalue weighted by Crippen LogP contribution is -2.21. The van der Waals surface area contributed by atoms with E-state index in [9.17, 15) is 4.39 Å². The molecule has 0 amide bonds. The largest absolute Gasteiger partial charge is 0.383 e. The Hall–Kier alpha value is -0.760. The molecule has 3 heteroatoms. The highest BCUT2D eigenvalue weighted by molar-refractivity contribution is 6.33. The number of rotatable bonds is 3. The van der Waals surface area contributed by atoms with Crippen LogP contribution in [-0.4, -0.2) is 6.54 Å². The van der Waals surface area contributed by atoms with Crippen LogP contribution in [0.25, 0.3) is 0 Å². The molecule has 76 valence electrons. The Kier molecular flexibility index (Phi) is 2.92. The molecular formula is C11H13ClFN. The molecule has 1 nitrogen and oxygen atoms in total. The van der Waals surface area contributed by atoms with Crippen molar-refractivity contribution >= 4 is 17.3 Å². The summed E-state index contributed by atoms with van der Waals surface area (Å²) < 4.78 is 12.9. The molecule has 1 N–H and O–H groups in total. The molecule has 1 saturated carbocycles. The molecule has 1 aliphatic carbocycles. The van der Waals surface area contributed by atoms with Gasteiger partial charge >= 0.3 is 0 Å². The van der Waals surface area contributed by atoms with Crippen LogP contribution in [0.4, 0.5) is 10.1 Å². The van der Waals surface area contributed by atoms with E-state index < -0.39 is 0 Å². The van der Waals surface area contributed by atoms with E-state index in [4.69, 9.17) is 11.6 Å². The summed E-state index contributed by atoms with van der Waals surface area (Å²) in [4.78, 5) is 0. The molecule has 0 saturated heterocycles. The first-order chi connectivity index (χ1) is 6.75. The minimum absolute atomic E-state index is 0.245. The molecule has 0 radical (unpaired) electrons. The normalized spacial score (nSPS) is 16.4. The molecule has 0 aromatic heterocycles. The number of benzene rings is 1. The minimum Gasteiger partial charge on any atom is -0.383 e. The zero-order chi connectivity index (χ0) is 9.97. The number of hydrogen-bond acceptors (Lipinski definition) is 1. The van der Waals surface area contributed by atoms with Gasteiger partial charge in [-0.05, 0) is 37.0 Å². The first kappa shape index (κ1) is 9.78. The second-order valence-corrected chi connectivity index (χ2v) is 4.21. The molecule has 14 heavy (non-hydrogen) atoms. The Balaban J connectivity index is 1.96. The molecule has 0 heterocycles. The first-order valence-corrected chi connectivity index (χ1v) is 5.32. The van der Waals surface area contributed by atoms with Crippen LogP contribution < -0.4 is 5.32 Å². The smallest absolute Gasteiger partial charge is 0.125 e. The molecule has 0 bridgehead atoms. The lowest BCUT2D eigenvalue weighted by Gasteiger charge is -2.26. The zero-order valence-electron chi connectivity index (χ0n) is 7.89. The summed E-state index contributed by atoms with van der Waals surface area (Å²) in [5.74, 6) is 0.500. The second kappa shape index (κ2) is 4.18. The van der Waals surface area contributed by atoms with Crippen LogP contribution in [0.3, 0.4) is 0 Å². The number of nitrogens with one attached hydrogen (secondary N) is 1. The maximum atomic E-state index is 12.9. The maximum absolute atomic E-state index is 12.9. The van der Waals surface area contributed by atoms with Gasteiger partial charge in [-0.3, -0.25) is 0 Å². The van der Waals surface area contributed by atoms with Gasteiger partial charge in [-0.25, -0.2) is 4.39 Å². The van der Waals surface area contributed by atoms with E-state index in [2.05, 4.69) is 5.32 Å². The summed E-state index contributed by atoms with van der Waals surface area (Å²) >= 11 is 5.91. The van der Waals surface area contributed by atoms with Crippen molar-refractivity contribution in [2.24, 2.45) is 5.92 Å². The Morgan fingerprint density at radius 3 is 2.86 bits per heavy atom. The number of hydrogen-bond donors (Lipinski definition) is 1. The highest BCUT2D eigenvalue weighted by Crippen LogP contribution is 2.28. The summed E-state index contributed by atoms with van der Waals surface area (Å²) in [7, 11) is 0. The third-order valence-electron chi connectivity index (χ3n) is 2.73. The third-order valence-corrected chi connectivity index (χ3v) is 3.06. The zero-order valence-corrected chi connectivity index (χ0v) is 8.65. The van der Waals surface area contributed by atoms with Gasteiger partial charge in [0.05, 0.1) is 10.7 Å². The highest BCUT2D eigenvalue weighted by Gasteiger charge is 2.17. The van der Waals surface area contributed by atoms with Crippen LogP contribution >= 0.6 is 11.6 Å². The summed E-state index contributed by atoms with van der Waals surface area (Å²) in [5, 5.41) is 3.77. The SMILES string of the molecule is Fc1ccc(Cl)c(NCC2CCC2)c1. The quantitative estimate of drug-likeness (QED) is 0.808. The summed E-state index contributed by atoms with van der Waals surface area (Å²) in [6.07, 6.45) is 3.88. The van der Waals surface area contributed by atoms with Crippen molar-refractivity contribution in [1.29, 1.82) is 0 Å². The van der Waals surface area contributed by atoms with Gasteiger partial charge in [0.25, 0.3) is 0 Å². The Morgan fingerprint density at radius 1 is 1.43 bits per heavy atom. The molecular weight excluding hydrogens is 201 g/mol. The Labute approximate surface area is 88.3 Å². The van der Waals surface area contributed by atoms with E-state index in [0.29, 0.717) is 10.7 Å². The van der Waals surface area contributed by atoms with Crippen molar-refractivity contribution in [3.8, 4) is 0 Å². The van der Waals surface area contributed by atoms with E-state index in [1.807, 2.05) is 0 Å². The number of halogens is 2. The molecule has 1 aromatic carbocycles. The predicted octanol–water partition coefficient (Wildman–Crippen LogP) is 3.69. The lowest BCUT2D eigenvalue weighted by atomic mass is 9.85. The van der Waals surface area contributed by atoms with Crippen molar-refractivity contribution in [3.63, 3.8) is 0 Å². The fraction of sp³-hybridized carbons (Fsp3) is 0.455. The summed E-state index contributed by atoms with van der Waals surface area (Å²) in [6.45, 7) is 0.906. The molecule has 0 unspecified atom stereocenters. The molecule has 2 rings (SSSR count). The number of anilines is 1. The van der Waals surface area contributed by atoms with E-state index in [1.54, 1.807) is 6.07 Å². The van der Waals surface area contributed by atoms with Crippen molar-refractivity contribution in [2.75, 3.05) is 11.9 Å². The monoisotopic (exact) mass is 213 g/mol. The van der Waals surface area contributed by atoms with Gasteiger partial charge in [0.15, 0.2) is 0 Å². The Bertz CT molecular complexity index is 323. The molecule has 1 aliphatic rings. The fourth-order valence-electron chi connectivity index (χ4n) is 1.58. The topological polar surface area (TPSA) is 12.0 Å². The van der Waals surface area contributed by atoms with Gasteiger partial charge in [-0.15, -0.1) is 0 Å². The molecule has 0 aliphatic heterocycles. The van der Waals surface area contributed by atoms with Crippen molar-refractivity contribution < 1.29 is 4.39 Å². The molecule has 1 aromatic rings. The van der Waals surface area contributed by atoms with Gasteiger partial charge in [0.2, 0.25) is 0 Å². The van der Waals surface area contributed by atoms with E-state index >= 15 is 0 Å². The van der Waals surface area contributed by atoms with Crippen LogP contribution in [0, 0.1) is 11.7 Å². The standard InChI is InChI=1S/C11H13ClFN/c12-10-5-4-9(13)6-11(10)14-7-8-2-1-3-8/h4-6,8,14H,1-3,7H2. The van der Waals surface area contributed by atoms with Gasteiger partial charge < -0.3 is 5.32 Å². The Morgan fingerprint density at radius 2 is 2.21 bits per heavy atom. The third kappa shape index (κ3) is 2.18. The molecule has 0 spiro atoms. The van der Waals surface area contributed by atoms with Crippen molar-refractivity contribution in [2.45, 2.75) is 19.3 Å². The van der Waals surface area contributed by atoms with Crippen LogP contribution in [0.2, 0.25) is 5.02 Å². The minimum atomic E-state index is -0.245. The predicted molar refractivity (Wildman–Crippen MR) is 57.2 cm³/mol. The highest BCUT2D eigenvalue weighted by atomic mass is 35.5.